The number of carbonyl (C=O) groups excluding carboxylic acids is 1. The molecule has 3 rings (SSSR count). The zero-order valence-corrected chi connectivity index (χ0v) is 15.6. The van der Waals surface area contributed by atoms with Crippen molar-refractivity contribution in [3.8, 4) is 5.75 Å². The molecule has 0 radical (unpaired) electrons. The van der Waals surface area contributed by atoms with Crippen LogP contribution in [0.1, 0.15) is 28.9 Å². The number of hydrogen-bond acceptors (Lipinski definition) is 6. The van der Waals surface area contributed by atoms with E-state index in [1.54, 1.807) is 24.3 Å². The summed E-state index contributed by atoms with van der Waals surface area (Å²) < 4.78 is 71.6. The topological polar surface area (TPSA) is 125 Å². The lowest BCUT2D eigenvalue weighted by Crippen LogP contribution is -2.42. The quantitative estimate of drug-likeness (QED) is 0.487. The largest absolute Gasteiger partial charge is 0.490 e. The Bertz CT molecular complexity index is 970. The summed E-state index contributed by atoms with van der Waals surface area (Å²) in [5.74, 6) is -1.01. The highest BCUT2D eigenvalue weighted by Gasteiger charge is 2.44. The van der Waals surface area contributed by atoms with Gasteiger partial charge in [-0.25, -0.2) is 13.9 Å². The molecule has 9 nitrogen and oxygen atoms in total. The van der Waals surface area contributed by atoms with Gasteiger partial charge in [-0.05, 0) is 25.0 Å². The number of rotatable bonds is 5. The van der Waals surface area contributed by atoms with Crippen molar-refractivity contribution in [1.82, 2.24) is 20.0 Å². The van der Waals surface area contributed by atoms with Gasteiger partial charge in [-0.2, -0.15) is 22.6 Å². The van der Waals surface area contributed by atoms with E-state index in [0.717, 1.165) is 9.79 Å². The summed E-state index contributed by atoms with van der Waals surface area (Å²) in [5.41, 5.74) is -1.92. The fraction of sp³-hybridized carbons (Fsp3) is 0.375. The molecule has 1 amide bonds. The molecule has 1 fully saturated rings. The van der Waals surface area contributed by atoms with E-state index in [4.69, 9.17) is 9.94 Å². The van der Waals surface area contributed by atoms with Gasteiger partial charge in [-0.3, -0.25) is 15.1 Å². The standard InChI is InChI=1S/C16H17F3N4O5S/c17-16(18,19)13-12(14(24)22-25)15(21-20-13)29(26,27)23-8-6-11(7-9-23)28-10-4-2-1-3-5-10/h1-5,11,25H,6-9H2,(H,20,21)(H,22,24). The molecule has 0 spiro atoms. The number of carbonyl (C=O) groups is 1. The average Bonchev–Trinajstić information content (AvgIpc) is 3.15. The molecule has 0 bridgehead atoms. The average molecular weight is 434 g/mol. The van der Waals surface area contributed by atoms with Crippen molar-refractivity contribution in [2.45, 2.75) is 30.1 Å². The molecule has 3 N–H and O–H groups in total. The van der Waals surface area contributed by atoms with Crippen molar-refractivity contribution in [2.24, 2.45) is 0 Å². The molecule has 0 saturated carbocycles. The number of aromatic nitrogens is 2. The number of ether oxygens (including phenoxy) is 1. The minimum Gasteiger partial charge on any atom is -0.490 e. The SMILES string of the molecule is O=C(NO)c1c(S(=O)(=O)N2CCC(Oc3ccccc3)CC2)n[nH]c1C(F)(F)F. The van der Waals surface area contributed by atoms with Crippen LogP contribution in [-0.4, -0.2) is 53.2 Å². The third-order valence-electron chi connectivity index (χ3n) is 4.38. The van der Waals surface area contributed by atoms with Crippen LogP contribution in [0.15, 0.2) is 35.4 Å². The lowest BCUT2D eigenvalue weighted by molar-refractivity contribution is -0.141. The first-order valence-electron chi connectivity index (χ1n) is 8.46. The molecule has 0 aliphatic carbocycles. The van der Waals surface area contributed by atoms with Gasteiger partial charge in [-0.15, -0.1) is 0 Å². The molecule has 2 aromatic rings. The highest BCUT2D eigenvalue weighted by atomic mass is 32.2. The Kier molecular flexibility index (Phi) is 5.82. The minimum atomic E-state index is -5.07. The molecule has 1 aliphatic heterocycles. The van der Waals surface area contributed by atoms with Crippen molar-refractivity contribution in [3.05, 3.63) is 41.6 Å². The molecule has 1 saturated heterocycles. The fourth-order valence-corrected chi connectivity index (χ4v) is 4.54. The van der Waals surface area contributed by atoms with Crippen LogP contribution in [0.5, 0.6) is 5.75 Å². The maximum Gasteiger partial charge on any atom is 0.433 e. The zero-order chi connectivity index (χ0) is 21.2. The van der Waals surface area contributed by atoms with Gasteiger partial charge >= 0.3 is 6.18 Å². The van der Waals surface area contributed by atoms with Crippen LogP contribution in [-0.2, 0) is 16.2 Å². The summed E-state index contributed by atoms with van der Waals surface area (Å²) >= 11 is 0. The second-order valence-corrected chi connectivity index (χ2v) is 8.11. The highest BCUT2D eigenvalue weighted by molar-refractivity contribution is 7.89. The van der Waals surface area contributed by atoms with Crippen molar-refractivity contribution in [1.29, 1.82) is 0 Å². The van der Waals surface area contributed by atoms with Crippen LogP contribution < -0.4 is 10.2 Å². The van der Waals surface area contributed by atoms with Gasteiger partial charge in [0.1, 0.15) is 17.4 Å². The Hall–Kier alpha value is -2.64. The van der Waals surface area contributed by atoms with Crippen LogP contribution in [0.4, 0.5) is 13.2 Å². The summed E-state index contributed by atoms with van der Waals surface area (Å²) in [7, 11) is -4.52. The first kappa shape index (κ1) is 21.1. The number of halogens is 3. The van der Waals surface area contributed by atoms with Crippen LogP contribution in [0.3, 0.4) is 0 Å². The predicted octanol–water partition coefficient (Wildman–Crippen LogP) is 1.78. The third kappa shape index (κ3) is 4.36. The lowest BCUT2D eigenvalue weighted by atomic mass is 10.1. The third-order valence-corrected chi connectivity index (χ3v) is 6.21. The van der Waals surface area contributed by atoms with E-state index < -0.39 is 38.4 Å². The zero-order valence-electron chi connectivity index (χ0n) is 14.8. The number of nitrogens with one attached hydrogen (secondary N) is 2. The smallest absolute Gasteiger partial charge is 0.433 e. The van der Waals surface area contributed by atoms with Crippen LogP contribution in [0, 0.1) is 0 Å². The van der Waals surface area contributed by atoms with Gasteiger partial charge in [-0.1, -0.05) is 18.2 Å². The molecule has 0 unspecified atom stereocenters. The minimum absolute atomic E-state index is 0.0335. The molecule has 13 heteroatoms. The van der Waals surface area contributed by atoms with Crippen LogP contribution in [0.25, 0.3) is 0 Å². The number of piperidine rings is 1. The predicted molar refractivity (Wildman–Crippen MR) is 91.7 cm³/mol. The molecule has 29 heavy (non-hydrogen) atoms. The number of alkyl halides is 3. The van der Waals surface area contributed by atoms with Crippen molar-refractivity contribution in [3.63, 3.8) is 0 Å². The number of benzene rings is 1. The number of amides is 1. The van der Waals surface area contributed by atoms with Gasteiger partial charge in [0.15, 0.2) is 5.69 Å². The number of hydroxylamine groups is 1. The van der Waals surface area contributed by atoms with E-state index in [1.165, 1.54) is 5.10 Å². The molecule has 158 valence electrons. The highest BCUT2D eigenvalue weighted by Crippen LogP contribution is 2.34. The fourth-order valence-electron chi connectivity index (χ4n) is 2.99. The number of para-hydroxylation sites is 1. The number of nitrogens with zero attached hydrogens (tertiary/aromatic N) is 2. The normalized spacial score (nSPS) is 16.6. The Morgan fingerprint density at radius 1 is 1.24 bits per heavy atom. The van der Waals surface area contributed by atoms with E-state index in [1.807, 2.05) is 6.07 Å². The second-order valence-electron chi connectivity index (χ2n) is 6.25. The monoisotopic (exact) mass is 434 g/mol. The summed E-state index contributed by atoms with van der Waals surface area (Å²) in [6, 6.07) is 8.91. The maximum absolute atomic E-state index is 13.1. The van der Waals surface area contributed by atoms with E-state index >= 15 is 0 Å². The molecular weight excluding hydrogens is 417 g/mol. The first-order chi connectivity index (χ1) is 13.6. The number of sulfonamides is 1. The summed E-state index contributed by atoms with van der Waals surface area (Å²) in [4.78, 5) is 11.7. The molecule has 1 aromatic heterocycles. The van der Waals surface area contributed by atoms with E-state index in [9.17, 15) is 26.4 Å². The Labute approximate surface area is 163 Å². The van der Waals surface area contributed by atoms with Crippen molar-refractivity contribution >= 4 is 15.9 Å². The molecular formula is C16H17F3N4O5S. The first-order valence-corrected chi connectivity index (χ1v) is 9.90. The number of aromatic amines is 1. The second kappa shape index (κ2) is 8.00. The summed E-state index contributed by atoms with van der Waals surface area (Å²) in [6.07, 6.45) is -4.74. The van der Waals surface area contributed by atoms with Gasteiger partial charge in [0.25, 0.3) is 15.9 Å². The lowest BCUT2D eigenvalue weighted by Gasteiger charge is -2.31. The summed E-state index contributed by atoms with van der Waals surface area (Å²) in [5, 5.41) is 12.4. The molecule has 1 aromatic carbocycles. The van der Waals surface area contributed by atoms with Crippen molar-refractivity contribution < 1.29 is 36.3 Å². The number of hydrogen-bond donors (Lipinski definition) is 3. The Morgan fingerprint density at radius 3 is 2.41 bits per heavy atom. The van der Waals surface area contributed by atoms with E-state index in [2.05, 4.69) is 5.10 Å². The maximum atomic E-state index is 13.1. The van der Waals surface area contributed by atoms with E-state index in [0.29, 0.717) is 18.6 Å². The van der Waals surface area contributed by atoms with E-state index in [-0.39, 0.29) is 19.2 Å². The van der Waals surface area contributed by atoms with Gasteiger partial charge < -0.3 is 4.74 Å². The van der Waals surface area contributed by atoms with Crippen molar-refractivity contribution in [2.75, 3.05) is 13.1 Å². The molecule has 2 heterocycles. The summed E-state index contributed by atoms with van der Waals surface area (Å²) in [6.45, 7) is -0.0670. The van der Waals surface area contributed by atoms with Gasteiger partial charge in [0, 0.05) is 13.1 Å². The Morgan fingerprint density at radius 2 is 1.86 bits per heavy atom. The molecule has 1 aliphatic rings. The molecule has 0 atom stereocenters. The van der Waals surface area contributed by atoms with Crippen LogP contribution >= 0.6 is 0 Å². The van der Waals surface area contributed by atoms with Gasteiger partial charge in [0.2, 0.25) is 5.03 Å². The van der Waals surface area contributed by atoms with Gasteiger partial charge in [0.05, 0.1) is 0 Å². The number of H-pyrrole nitrogens is 1. The Balaban J connectivity index is 1.80. The van der Waals surface area contributed by atoms with Crippen LogP contribution in [0.2, 0.25) is 0 Å².